The van der Waals surface area contributed by atoms with Crippen molar-refractivity contribution in [1.82, 2.24) is 9.97 Å². The molecule has 2 rings (SSSR count). The zero-order valence-electron chi connectivity index (χ0n) is 8.21. The van der Waals surface area contributed by atoms with E-state index >= 15 is 0 Å². The Kier molecular flexibility index (Phi) is 3.31. The molecular formula is C9H12BrClN4. The third-order valence-electron chi connectivity index (χ3n) is 2.47. The molecule has 0 saturated carbocycles. The van der Waals surface area contributed by atoms with Crippen molar-refractivity contribution in [3.8, 4) is 0 Å². The summed E-state index contributed by atoms with van der Waals surface area (Å²) in [5.74, 6) is 1.04. The van der Waals surface area contributed by atoms with E-state index in [0.717, 1.165) is 23.4 Å². The molecule has 0 unspecified atom stereocenters. The maximum Gasteiger partial charge on any atom is 0.223 e. The van der Waals surface area contributed by atoms with Crippen LogP contribution in [0.15, 0.2) is 4.47 Å². The summed E-state index contributed by atoms with van der Waals surface area (Å²) >= 11 is 9.33. The largest absolute Gasteiger partial charge is 0.368 e. The summed E-state index contributed by atoms with van der Waals surface area (Å²) < 4.78 is 0.736. The van der Waals surface area contributed by atoms with E-state index in [2.05, 4.69) is 30.8 Å². The lowest BCUT2D eigenvalue weighted by atomic mass is 10.1. The second-order valence-corrected chi connectivity index (χ2v) is 4.71. The van der Waals surface area contributed by atoms with E-state index in [9.17, 15) is 0 Å². The van der Waals surface area contributed by atoms with Crippen molar-refractivity contribution in [1.29, 1.82) is 0 Å². The number of rotatable bonds is 1. The maximum absolute atomic E-state index is 5.93. The molecule has 0 atom stereocenters. The summed E-state index contributed by atoms with van der Waals surface area (Å²) in [7, 11) is 0. The first-order valence-corrected chi connectivity index (χ1v) is 6.09. The Labute approximate surface area is 102 Å². The molecule has 82 valence electrons. The number of nitrogens with zero attached hydrogens (tertiary/aromatic N) is 3. The molecule has 0 spiro atoms. The van der Waals surface area contributed by atoms with Crippen molar-refractivity contribution < 1.29 is 0 Å². The van der Waals surface area contributed by atoms with E-state index in [1.54, 1.807) is 0 Å². The quantitative estimate of drug-likeness (QED) is 0.808. The van der Waals surface area contributed by atoms with E-state index < -0.39 is 0 Å². The van der Waals surface area contributed by atoms with Gasteiger partial charge in [0.1, 0.15) is 5.82 Å². The zero-order chi connectivity index (χ0) is 10.8. The number of piperidine rings is 1. The van der Waals surface area contributed by atoms with Gasteiger partial charge in [-0.15, -0.1) is 0 Å². The van der Waals surface area contributed by atoms with Crippen LogP contribution in [0.2, 0.25) is 5.15 Å². The van der Waals surface area contributed by atoms with Crippen LogP contribution < -0.4 is 10.6 Å². The minimum atomic E-state index is 0.226. The minimum Gasteiger partial charge on any atom is -0.368 e. The molecule has 1 fully saturated rings. The molecule has 0 amide bonds. The van der Waals surface area contributed by atoms with Gasteiger partial charge in [0.25, 0.3) is 0 Å². The first-order chi connectivity index (χ1) is 7.18. The van der Waals surface area contributed by atoms with Crippen molar-refractivity contribution in [3.63, 3.8) is 0 Å². The molecular weight excluding hydrogens is 279 g/mol. The van der Waals surface area contributed by atoms with Gasteiger partial charge in [0.2, 0.25) is 5.95 Å². The van der Waals surface area contributed by atoms with Crippen LogP contribution in [0.25, 0.3) is 0 Å². The summed E-state index contributed by atoms with van der Waals surface area (Å²) in [6, 6.07) is 0. The fourth-order valence-electron chi connectivity index (χ4n) is 1.74. The first kappa shape index (κ1) is 11.0. The highest BCUT2D eigenvalue weighted by Crippen LogP contribution is 2.32. The number of aromatic nitrogens is 2. The minimum absolute atomic E-state index is 0.226. The Morgan fingerprint density at radius 3 is 2.53 bits per heavy atom. The lowest BCUT2D eigenvalue weighted by Crippen LogP contribution is -2.30. The van der Waals surface area contributed by atoms with Crippen molar-refractivity contribution in [2.75, 3.05) is 23.7 Å². The number of hydrogen-bond donors (Lipinski definition) is 1. The van der Waals surface area contributed by atoms with Gasteiger partial charge in [-0.3, -0.25) is 0 Å². The normalized spacial score (nSPS) is 16.8. The Hall–Kier alpha value is -0.550. The highest BCUT2D eigenvalue weighted by atomic mass is 79.9. The third-order valence-corrected chi connectivity index (χ3v) is 3.70. The number of hydrogen-bond acceptors (Lipinski definition) is 4. The highest BCUT2D eigenvalue weighted by molar-refractivity contribution is 9.10. The van der Waals surface area contributed by atoms with Crippen LogP contribution in [0.4, 0.5) is 11.8 Å². The average molecular weight is 292 g/mol. The predicted molar refractivity (Wildman–Crippen MR) is 65.2 cm³/mol. The molecule has 2 heterocycles. The fraction of sp³-hybridized carbons (Fsp3) is 0.556. The van der Waals surface area contributed by atoms with Crippen molar-refractivity contribution >= 4 is 39.3 Å². The van der Waals surface area contributed by atoms with Gasteiger partial charge in [0.15, 0.2) is 5.15 Å². The van der Waals surface area contributed by atoms with Gasteiger partial charge in [-0.25, -0.2) is 0 Å². The monoisotopic (exact) mass is 290 g/mol. The summed E-state index contributed by atoms with van der Waals surface area (Å²) in [4.78, 5) is 10.3. The van der Waals surface area contributed by atoms with Gasteiger partial charge >= 0.3 is 0 Å². The standard InChI is InChI=1S/C9H12BrClN4/c10-6-7(11)13-9(12)14-8(6)15-4-2-1-3-5-15/h1-5H2,(H2,12,13,14). The molecule has 2 N–H and O–H groups in total. The van der Waals surface area contributed by atoms with Crippen LogP contribution in [-0.2, 0) is 0 Å². The van der Waals surface area contributed by atoms with E-state index in [4.69, 9.17) is 17.3 Å². The number of anilines is 2. The van der Waals surface area contributed by atoms with Crippen LogP contribution in [0.1, 0.15) is 19.3 Å². The van der Waals surface area contributed by atoms with Crippen molar-refractivity contribution in [3.05, 3.63) is 9.63 Å². The summed E-state index contributed by atoms with van der Waals surface area (Å²) in [5.41, 5.74) is 5.58. The fourth-order valence-corrected chi connectivity index (χ4v) is 2.34. The molecule has 1 aliphatic rings. The lowest BCUT2D eigenvalue weighted by Gasteiger charge is -2.28. The molecule has 6 heteroatoms. The third kappa shape index (κ3) is 2.34. The second-order valence-electron chi connectivity index (χ2n) is 3.56. The van der Waals surface area contributed by atoms with Gasteiger partial charge in [-0.2, -0.15) is 9.97 Å². The topological polar surface area (TPSA) is 55.0 Å². The summed E-state index contributed by atoms with van der Waals surface area (Å²) in [5, 5.41) is 0.378. The van der Waals surface area contributed by atoms with E-state index in [-0.39, 0.29) is 5.95 Å². The van der Waals surface area contributed by atoms with E-state index in [1.165, 1.54) is 19.3 Å². The molecule has 0 aliphatic carbocycles. The predicted octanol–water partition coefficient (Wildman–Crippen LogP) is 2.46. The molecule has 1 saturated heterocycles. The molecule has 1 aromatic heterocycles. The van der Waals surface area contributed by atoms with Crippen LogP contribution in [0.3, 0.4) is 0 Å². The van der Waals surface area contributed by atoms with E-state index in [1.807, 2.05) is 0 Å². The Morgan fingerprint density at radius 2 is 1.87 bits per heavy atom. The SMILES string of the molecule is Nc1nc(Cl)c(Br)c(N2CCCCC2)n1. The number of nitrogen functional groups attached to an aromatic ring is 1. The molecule has 15 heavy (non-hydrogen) atoms. The molecule has 1 aliphatic heterocycles. The first-order valence-electron chi connectivity index (χ1n) is 4.92. The number of halogens is 2. The van der Waals surface area contributed by atoms with Crippen molar-refractivity contribution in [2.45, 2.75) is 19.3 Å². The van der Waals surface area contributed by atoms with Gasteiger partial charge in [0.05, 0.1) is 4.47 Å². The van der Waals surface area contributed by atoms with Crippen molar-refractivity contribution in [2.24, 2.45) is 0 Å². The van der Waals surface area contributed by atoms with E-state index in [0.29, 0.717) is 5.15 Å². The summed E-state index contributed by atoms with van der Waals surface area (Å²) in [6.45, 7) is 2.01. The summed E-state index contributed by atoms with van der Waals surface area (Å²) in [6.07, 6.45) is 3.66. The molecule has 0 aromatic carbocycles. The molecule has 0 bridgehead atoms. The van der Waals surface area contributed by atoms with Gasteiger partial charge < -0.3 is 10.6 Å². The second kappa shape index (κ2) is 4.53. The van der Waals surface area contributed by atoms with Crippen LogP contribution in [-0.4, -0.2) is 23.1 Å². The van der Waals surface area contributed by atoms with Crippen LogP contribution in [0.5, 0.6) is 0 Å². The Morgan fingerprint density at radius 1 is 1.20 bits per heavy atom. The average Bonchev–Trinajstić information content (AvgIpc) is 2.24. The van der Waals surface area contributed by atoms with Gasteiger partial charge in [0, 0.05) is 13.1 Å². The van der Waals surface area contributed by atoms with Gasteiger partial charge in [-0.05, 0) is 35.2 Å². The molecule has 1 aromatic rings. The zero-order valence-corrected chi connectivity index (χ0v) is 10.6. The molecule has 0 radical (unpaired) electrons. The molecule has 4 nitrogen and oxygen atoms in total. The van der Waals surface area contributed by atoms with Crippen LogP contribution in [0, 0.1) is 0 Å². The smallest absolute Gasteiger partial charge is 0.223 e. The number of nitrogens with two attached hydrogens (primary N) is 1. The Balaban J connectivity index is 2.33. The lowest BCUT2D eigenvalue weighted by molar-refractivity contribution is 0.572. The maximum atomic E-state index is 5.93. The highest BCUT2D eigenvalue weighted by Gasteiger charge is 2.18. The van der Waals surface area contributed by atoms with Gasteiger partial charge in [-0.1, -0.05) is 11.6 Å². The Bertz CT molecular complexity index is 365. The van der Waals surface area contributed by atoms with Crippen LogP contribution >= 0.6 is 27.5 Å².